The number of hydrogen-bond acceptors (Lipinski definition) is 5. The van der Waals surface area contributed by atoms with Gasteiger partial charge in [0.1, 0.15) is 18.0 Å². The van der Waals surface area contributed by atoms with Gasteiger partial charge in [0.2, 0.25) is 0 Å². The number of amides is 1. The smallest absolute Gasteiger partial charge is 0.410 e. The lowest BCUT2D eigenvalue weighted by molar-refractivity contribution is 0.0123. The highest BCUT2D eigenvalue weighted by Crippen LogP contribution is 2.40. The number of ether oxygens (including phenoxy) is 2. The van der Waals surface area contributed by atoms with Crippen LogP contribution in [0.5, 0.6) is 5.75 Å². The molecular weight excluding hydrogens is 368 g/mol. The van der Waals surface area contributed by atoms with Crippen molar-refractivity contribution in [3.8, 4) is 5.75 Å². The van der Waals surface area contributed by atoms with Gasteiger partial charge in [0.15, 0.2) is 11.6 Å². The Labute approximate surface area is 163 Å². The van der Waals surface area contributed by atoms with Crippen molar-refractivity contribution >= 4 is 11.8 Å². The van der Waals surface area contributed by atoms with Crippen molar-refractivity contribution in [3.63, 3.8) is 0 Å². The molecule has 0 saturated carbocycles. The third kappa shape index (κ3) is 3.38. The highest BCUT2D eigenvalue weighted by Gasteiger charge is 2.45. The molecule has 0 radical (unpaired) electrons. The zero-order valence-corrected chi connectivity index (χ0v) is 16.5. The predicted molar refractivity (Wildman–Crippen MR) is 101 cm³/mol. The number of carbonyl (C=O) groups is 1. The first-order valence-corrected chi connectivity index (χ1v) is 9.79. The third-order valence-electron chi connectivity index (χ3n) is 5.59. The van der Waals surface area contributed by atoms with Crippen molar-refractivity contribution in [1.29, 1.82) is 0 Å². The second kappa shape index (κ2) is 6.76. The summed E-state index contributed by atoms with van der Waals surface area (Å²) in [6.07, 6.45) is 1.56. The van der Waals surface area contributed by atoms with Gasteiger partial charge >= 0.3 is 6.09 Å². The van der Waals surface area contributed by atoms with E-state index in [0.29, 0.717) is 13.1 Å². The van der Waals surface area contributed by atoms with Gasteiger partial charge in [0.05, 0.1) is 17.8 Å². The molecule has 0 spiro atoms. The molecule has 4 rings (SSSR count). The topological polar surface area (TPSA) is 68.0 Å². The molecule has 0 aromatic heterocycles. The quantitative estimate of drug-likeness (QED) is 0.792. The Balaban J connectivity index is 1.57. The lowest BCUT2D eigenvalue weighted by Crippen LogP contribution is -2.57. The Kier molecular flexibility index (Phi) is 4.64. The first kappa shape index (κ1) is 19.2. The number of benzene rings is 1. The number of nitrogens with zero attached hydrogens (tertiary/aromatic N) is 2. The van der Waals surface area contributed by atoms with Crippen molar-refractivity contribution in [3.05, 3.63) is 23.3 Å². The van der Waals surface area contributed by atoms with Gasteiger partial charge in [-0.3, -0.25) is 4.90 Å². The van der Waals surface area contributed by atoms with Crippen LogP contribution < -0.4 is 15.4 Å². The molecule has 3 aliphatic rings. The summed E-state index contributed by atoms with van der Waals surface area (Å²) in [7, 11) is 0. The molecular formula is C20H27F2N3O3. The molecule has 6 nitrogen and oxygen atoms in total. The molecule has 8 heteroatoms. The molecule has 3 aliphatic heterocycles. The van der Waals surface area contributed by atoms with Gasteiger partial charge in [-0.15, -0.1) is 0 Å². The van der Waals surface area contributed by atoms with Crippen LogP contribution in [-0.2, 0) is 11.2 Å². The molecule has 0 aliphatic carbocycles. The Hall–Kier alpha value is -2.09. The maximum Gasteiger partial charge on any atom is 0.410 e. The average Bonchev–Trinajstić information content (AvgIpc) is 2.87. The van der Waals surface area contributed by atoms with E-state index in [1.165, 1.54) is 6.07 Å². The van der Waals surface area contributed by atoms with E-state index in [-0.39, 0.29) is 54.2 Å². The zero-order chi connectivity index (χ0) is 20.2. The van der Waals surface area contributed by atoms with Crippen LogP contribution in [0.3, 0.4) is 0 Å². The molecule has 2 N–H and O–H groups in total. The fraction of sp³-hybridized carbons (Fsp3) is 0.650. The Bertz CT molecular complexity index is 782. The van der Waals surface area contributed by atoms with E-state index in [9.17, 15) is 9.18 Å². The molecule has 2 saturated heterocycles. The van der Waals surface area contributed by atoms with Crippen molar-refractivity contribution in [2.45, 2.75) is 63.8 Å². The average molecular weight is 395 g/mol. The van der Waals surface area contributed by atoms with Gasteiger partial charge in [-0.25, -0.2) is 13.6 Å². The molecule has 1 amide bonds. The summed E-state index contributed by atoms with van der Waals surface area (Å²) in [5.74, 6) is -1.07. The maximum atomic E-state index is 15.1. The standard InChI is InChI=1S/C20H27F2N3O3/c1-20(2,3)28-19(26)25-12-4-5-13(25)9-24(8-12)16-7-15(21)14-6-11(23)10-27-18(14)17(16)22/h7,11-13H,4-6,8-10,23H2,1-3H3/t11-,12?,13?/m1/s1. The summed E-state index contributed by atoms with van der Waals surface area (Å²) in [5, 5.41) is 0. The lowest BCUT2D eigenvalue weighted by Gasteiger charge is -2.42. The molecule has 2 bridgehead atoms. The summed E-state index contributed by atoms with van der Waals surface area (Å²) in [6, 6.07) is 0.737. The van der Waals surface area contributed by atoms with Gasteiger partial charge in [0, 0.05) is 30.8 Å². The predicted octanol–water partition coefficient (Wildman–Crippen LogP) is 2.82. The Morgan fingerprint density at radius 1 is 1.25 bits per heavy atom. The molecule has 1 aromatic rings. The fourth-order valence-corrected chi connectivity index (χ4v) is 4.42. The summed E-state index contributed by atoms with van der Waals surface area (Å²) < 4.78 is 40.7. The van der Waals surface area contributed by atoms with Crippen LogP contribution in [0.2, 0.25) is 0 Å². The molecule has 154 valence electrons. The number of carbonyl (C=O) groups excluding carboxylic acids is 1. The van der Waals surface area contributed by atoms with Gasteiger partial charge in [-0.2, -0.15) is 0 Å². The minimum absolute atomic E-state index is 0.0291. The highest BCUT2D eigenvalue weighted by molar-refractivity contribution is 5.70. The first-order valence-electron chi connectivity index (χ1n) is 9.79. The molecule has 3 atom stereocenters. The Morgan fingerprint density at radius 3 is 2.50 bits per heavy atom. The van der Waals surface area contributed by atoms with E-state index < -0.39 is 17.2 Å². The second-order valence-corrected chi connectivity index (χ2v) is 8.95. The first-order chi connectivity index (χ1) is 13.1. The highest BCUT2D eigenvalue weighted by atomic mass is 19.1. The number of hydrogen-bond donors (Lipinski definition) is 1. The van der Waals surface area contributed by atoms with Crippen molar-refractivity contribution < 1.29 is 23.0 Å². The van der Waals surface area contributed by atoms with Gasteiger partial charge in [-0.1, -0.05) is 0 Å². The van der Waals surface area contributed by atoms with E-state index in [1.807, 2.05) is 25.7 Å². The van der Waals surface area contributed by atoms with Crippen LogP contribution in [0.15, 0.2) is 6.07 Å². The number of nitrogens with two attached hydrogens (primary N) is 1. The van der Waals surface area contributed by atoms with E-state index in [2.05, 4.69) is 0 Å². The third-order valence-corrected chi connectivity index (χ3v) is 5.59. The van der Waals surface area contributed by atoms with Gasteiger partial charge in [0.25, 0.3) is 0 Å². The number of piperazine rings is 1. The van der Waals surface area contributed by atoms with Crippen molar-refractivity contribution in [2.75, 3.05) is 24.6 Å². The minimum Gasteiger partial charge on any atom is -0.488 e. The van der Waals surface area contributed by atoms with Crippen LogP contribution in [0.1, 0.15) is 39.2 Å². The SMILES string of the molecule is CC(C)(C)OC(=O)N1C2CCC1CN(c1cc(F)c3c(c1F)OC[C@H](N)C3)C2. The fourth-order valence-electron chi connectivity index (χ4n) is 4.42. The number of rotatable bonds is 1. The molecule has 1 aromatic carbocycles. The van der Waals surface area contributed by atoms with Crippen molar-refractivity contribution in [2.24, 2.45) is 5.73 Å². The molecule has 2 unspecified atom stereocenters. The largest absolute Gasteiger partial charge is 0.488 e. The van der Waals surface area contributed by atoms with Crippen LogP contribution >= 0.6 is 0 Å². The summed E-state index contributed by atoms with van der Waals surface area (Å²) in [4.78, 5) is 16.2. The zero-order valence-electron chi connectivity index (χ0n) is 16.5. The van der Waals surface area contributed by atoms with E-state index in [4.69, 9.17) is 15.2 Å². The summed E-state index contributed by atoms with van der Waals surface area (Å²) in [6.45, 7) is 6.54. The Morgan fingerprint density at radius 2 is 1.89 bits per heavy atom. The van der Waals surface area contributed by atoms with Crippen LogP contribution in [0, 0.1) is 11.6 Å². The number of fused-ring (bicyclic) bond motifs is 3. The summed E-state index contributed by atoms with van der Waals surface area (Å²) in [5.41, 5.74) is 5.63. The molecule has 3 heterocycles. The van der Waals surface area contributed by atoms with Gasteiger partial charge < -0.3 is 20.1 Å². The normalized spacial score (nSPS) is 26.7. The maximum absolute atomic E-state index is 15.1. The van der Waals surface area contributed by atoms with E-state index >= 15 is 4.39 Å². The van der Waals surface area contributed by atoms with E-state index in [1.54, 1.807) is 4.90 Å². The monoisotopic (exact) mass is 395 g/mol. The minimum atomic E-state index is -0.570. The van der Waals surface area contributed by atoms with Crippen molar-refractivity contribution in [1.82, 2.24) is 4.90 Å². The summed E-state index contributed by atoms with van der Waals surface area (Å²) >= 11 is 0. The number of anilines is 1. The van der Waals surface area contributed by atoms with Crippen LogP contribution in [0.25, 0.3) is 0 Å². The van der Waals surface area contributed by atoms with Crippen LogP contribution in [0.4, 0.5) is 19.3 Å². The van der Waals surface area contributed by atoms with E-state index in [0.717, 1.165) is 12.8 Å². The van der Waals surface area contributed by atoms with Gasteiger partial charge in [-0.05, 0) is 40.0 Å². The molecule has 28 heavy (non-hydrogen) atoms. The lowest BCUT2D eigenvalue weighted by atomic mass is 10.0. The van der Waals surface area contributed by atoms with Crippen LogP contribution in [-0.4, -0.2) is 54.4 Å². The number of halogens is 2. The second-order valence-electron chi connectivity index (χ2n) is 8.95. The molecule has 2 fully saturated rings.